The van der Waals surface area contributed by atoms with Gasteiger partial charge in [0, 0.05) is 12.6 Å². The van der Waals surface area contributed by atoms with E-state index in [1.807, 2.05) is 36.4 Å². The molecule has 7 nitrogen and oxygen atoms in total. The van der Waals surface area contributed by atoms with Gasteiger partial charge in [0.25, 0.3) is 0 Å². The average molecular weight is 462 g/mol. The molecule has 0 aromatic heterocycles. The standard InChI is InChI=1S/C18H22F2N2O5.C6H6/c1-18(2,3)27-17(25)22-7-5-6-14(22)15(23)21-13-9-11(19)10(8-12(13)20)16(24)26-4;1-2-4-6-5-3-1/h8-9,14H,5-7H2,1-4H3,(H,21,23);1-6H. The second-order valence-corrected chi connectivity index (χ2v) is 8.28. The van der Waals surface area contributed by atoms with Gasteiger partial charge in [-0.25, -0.2) is 18.4 Å². The number of carbonyl (C=O) groups is 3. The topological polar surface area (TPSA) is 84.9 Å². The highest BCUT2D eigenvalue weighted by molar-refractivity contribution is 5.97. The molecule has 2 aromatic rings. The molecule has 0 aliphatic carbocycles. The first kappa shape index (κ1) is 25.8. The van der Waals surface area contributed by atoms with Crippen LogP contribution in [0.2, 0.25) is 0 Å². The number of anilines is 1. The van der Waals surface area contributed by atoms with E-state index in [4.69, 9.17) is 4.74 Å². The number of methoxy groups -OCH3 is 1. The summed E-state index contributed by atoms with van der Waals surface area (Å²) in [6, 6.07) is 12.5. The Bertz CT molecular complexity index is 950. The number of ether oxygens (including phenoxy) is 2. The maximum absolute atomic E-state index is 14.2. The predicted octanol–water partition coefficient (Wildman–Crippen LogP) is 4.78. The number of rotatable bonds is 3. The van der Waals surface area contributed by atoms with Crippen LogP contribution >= 0.6 is 0 Å². The Morgan fingerprint density at radius 1 is 1.00 bits per heavy atom. The van der Waals surface area contributed by atoms with Crippen LogP contribution in [0.5, 0.6) is 0 Å². The molecule has 1 saturated heterocycles. The lowest BCUT2D eigenvalue weighted by Crippen LogP contribution is -2.45. The van der Waals surface area contributed by atoms with E-state index in [1.54, 1.807) is 20.8 Å². The molecule has 3 rings (SSSR count). The second kappa shape index (κ2) is 11.4. The third-order valence-corrected chi connectivity index (χ3v) is 4.57. The average Bonchev–Trinajstić information content (AvgIpc) is 3.26. The molecule has 1 aliphatic rings. The van der Waals surface area contributed by atoms with Crippen LogP contribution in [0.25, 0.3) is 0 Å². The van der Waals surface area contributed by atoms with Gasteiger partial charge in [-0.1, -0.05) is 36.4 Å². The smallest absolute Gasteiger partial charge is 0.410 e. The molecule has 1 atom stereocenters. The molecule has 1 N–H and O–H groups in total. The molecule has 1 aliphatic heterocycles. The van der Waals surface area contributed by atoms with Gasteiger partial charge in [-0.3, -0.25) is 9.69 Å². The van der Waals surface area contributed by atoms with Gasteiger partial charge in [0.05, 0.1) is 18.4 Å². The van der Waals surface area contributed by atoms with Gasteiger partial charge >= 0.3 is 12.1 Å². The van der Waals surface area contributed by atoms with E-state index >= 15 is 0 Å². The highest BCUT2D eigenvalue weighted by atomic mass is 19.1. The van der Waals surface area contributed by atoms with Crippen LogP contribution in [0.1, 0.15) is 44.0 Å². The largest absolute Gasteiger partial charge is 0.465 e. The van der Waals surface area contributed by atoms with Crippen molar-refractivity contribution in [3.05, 3.63) is 65.7 Å². The summed E-state index contributed by atoms with van der Waals surface area (Å²) >= 11 is 0. The molecule has 0 radical (unpaired) electrons. The van der Waals surface area contributed by atoms with Crippen molar-refractivity contribution in [3.63, 3.8) is 0 Å². The molecule has 33 heavy (non-hydrogen) atoms. The van der Waals surface area contributed by atoms with Gasteiger partial charge in [0.1, 0.15) is 23.3 Å². The lowest BCUT2D eigenvalue weighted by molar-refractivity contribution is -0.120. The summed E-state index contributed by atoms with van der Waals surface area (Å²) < 4.78 is 37.8. The van der Waals surface area contributed by atoms with Gasteiger partial charge in [-0.05, 0) is 39.7 Å². The van der Waals surface area contributed by atoms with Gasteiger partial charge in [0.15, 0.2) is 0 Å². The zero-order valence-electron chi connectivity index (χ0n) is 19.1. The SMILES string of the molecule is COC(=O)c1cc(F)c(NC(=O)C2CCCN2C(=O)OC(C)(C)C)cc1F.c1ccccc1. The third kappa shape index (κ3) is 7.55. The monoisotopic (exact) mass is 462 g/mol. The maximum atomic E-state index is 14.2. The van der Waals surface area contributed by atoms with Crippen LogP contribution in [-0.4, -0.2) is 48.2 Å². The Morgan fingerprint density at radius 2 is 1.58 bits per heavy atom. The number of hydrogen-bond donors (Lipinski definition) is 1. The number of amides is 2. The van der Waals surface area contributed by atoms with Crippen LogP contribution in [-0.2, 0) is 14.3 Å². The summed E-state index contributed by atoms with van der Waals surface area (Å²) in [6.07, 6.45) is 0.304. The Kier molecular flexibility index (Phi) is 8.90. The number of hydrogen-bond acceptors (Lipinski definition) is 5. The Morgan fingerprint density at radius 3 is 2.09 bits per heavy atom. The fraction of sp³-hybridized carbons (Fsp3) is 0.375. The van der Waals surface area contributed by atoms with Gasteiger partial charge in [-0.15, -0.1) is 0 Å². The number of likely N-dealkylation sites (tertiary alicyclic amines) is 1. The summed E-state index contributed by atoms with van der Waals surface area (Å²) in [5.41, 5.74) is -1.73. The van der Waals surface area contributed by atoms with Crippen molar-refractivity contribution in [2.75, 3.05) is 19.0 Å². The van der Waals surface area contributed by atoms with Crippen molar-refractivity contribution >= 4 is 23.7 Å². The van der Waals surface area contributed by atoms with E-state index < -0.39 is 52.5 Å². The Labute approximate surface area is 191 Å². The molecular formula is C24H28F2N2O5. The van der Waals surface area contributed by atoms with Crippen molar-refractivity contribution in [1.29, 1.82) is 0 Å². The van der Waals surface area contributed by atoms with Crippen molar-refractivity contribution in [2.45, 2.75) is 45.3 Å². The van der Waals surface area contributed by atoms with Crippen molar-refractivity contribution in [3.8, 4) is 0 Å². The molecule has 9 heteroatoms. The summed E-state index contributed by atoms with van der Waals surface area (Å²) in [4.78, 5) is 37.4. The summed E-state index contributed by atoms with van der Waals surface area (Å²) in [7, 11) is 1.04. The number of nitrogens with zero attached hydrogens (tertiary/aromatic N) is 1. The Hall–Kier alpha value is -3.49. The first-order chi connectivity index (χ1) is 15.5. The van der Waals surface area contributed by atoms with Crippen LogP contribution in [0.15, 0.2) is 48.5 Å². The minimum Gasteiger partial charge on any atom is -0.465 e. The summed E-state index contributed by atoms with van der Waals surface area (Å²) in [5, 5.41) is 2.27. The molecule has 0 saturated carbocycles. The van der Waals surface area contributed by atoms with Gasteiger partial charge in [0.2, 0.25) is 5.91 Å². The number of esters is 1. The second-order valence-electron chi connectivity index (χ2n) is 8.28. The van der Waals surface area contributed by atoms with E-state index in [1.165, 1.54) is 4.90 Å². The van der Waals surface area contributed by atoms with Crippen LogP contribution in [0, 0.1) is 11.6 Å². The van der Waals surface area contributed by atoms with Gasteiger partial charge < -0.3 is 14.8 Å². The molecular weight excluding hydrogens is 434 g/mol. The fourth-order valence-corrected chi connectivity index (χ4v) is 3.09. The molecule has 2 aromatic carbocycles. The van der Waals surface area contributed by atoms with Crippen molar-refractivity contribution in [1.82, 2.24) is 4.90 Å². The first-order valence-corrected chi connectivity index (χ1v) is 10.4. The quantitative estimate of drug-likeness (QED) is 0.664. The van der Waals surface area contributed by atoms with Crippen LogP contribution < -0.4 is 5.32 Å². The number of benzene rings is 2. The zero-order chi connectivity index (χ0) is 24.6. The highest BCUT2D eigenvalue weighted by Crippen LogP contribution is 2.24. The first-order valence-electron chi connectivity index (χ1n) is 10.4. The highest BCUT2D eigenvalue weighted by Gasteiger charge is 2.37. The van der Waals surface area contributed by atoms with Crippen molar-refractivity contribution < 1.29 is 32.6 Å². The third-order valence-electron chi connectivity index (χ3n) is 4.57. The van der Waals surface area contributed by atoms with E-state index in [0.29, 0.717) is 31.5 Å². The fourth-order valence-electron chi connectivity index (χ4n) is 3.09. The number of carbonyl (C=O) groups excluding carboxylic acids is 3. The van der Waals surface area contributed by atoms with E-state index in [2.05, 4.69) is 10.1 Å². The molecule has 0 bridgehead atoms. The van der Waals surface area contributed by atoms with Crippen molar-refractivity contribution in [2.24, 2.45) is 0 Å². The number of halogens is 2. The molecule has 1 fully saturated rings. The zero-order valence-corrected chi connectivity index (χ0v) is 19.1. The minimum atomic E-state index is -1.03. The van der Waals surface area contributed by atoms with Gasteiger partial charge in [-0.2, -0.15) is 0 Å². The van der Waals surface area contributed by atoms with Crippen LogP contribution in [0.4, 0.5) is 19.3 Å². The normalized spacial score (nSPS) is 15.2. The lowest BCUT2D eigenvalue weighted by atomic mass is 10.1. The van der Waals surface area contributed by atoms with Crippen LogP contribution in [0.3, 0.4) is 0 Å². The summed E-state index contributed by atoms with van der Waals surface area (Å²) in [6.45, 7) is 5.44. The summed E-state index contributed by atoms with van der Waals surface area (Å²) in [5.74, 6) is -3.72. The molecule has 1 heterocycles. The van der Waals surface area contributed by atoms with E-state index in [9.17, 15) is 23.2 Å². The van der Waals surface area contributed by atoms with E-state index in [0.717, 1.165) is 7.11 Å². The molecule has 0 spiro atoms. The Balaban J connectivity index is 0.000000554. The molecule has 178 valence electrons. The maximum Gasteiger partial charge on any atom is 0.410 e. The molecule has 1 unspecified atom stereocenters. The lowest BCUT2D eigenvalue weighted by Gasteiger charge is -2.28. The van der Waals surface area contributed by atoms with E-state index in [-0.39, 0.29) is 0 Å². The number of nitrogens with one attached hydrogen (secondary N) is 1. The predicted molar refractivity (Wildman–Crippen MR) is 119 cm³/mol. The minimum absolute atomic E-state index is 0.325. The molecule has 2 amide bonds.